The molecule has 2 N–H and O–H groups in total. The number of rotatable bonds is 3. The van der Waals surface area contributed by atoms with E-state index in [0.717, 1.165) is 37.2 Å². The fourth-order valence-corrected chi connectivity index (χ4v) is 2.79. The van der Waals surface area contributed by atoms with Gasteiger partial charge in [-0.05, 0) is 31.9 Å². The molecule has 5 heteroatoms. The topological polar surface area (TPSA) is 76.4 Å². The highest BCUT2D eigenvalue weighted by Gasteiger charge is 2.22. The standard InChI is InChI=1S/C16H21N3O2/c1-11(20)15-4-3-13(10-17)9-16(15)19-7-5-14(6-8-19)18-12(2)21/h3-4,9,11,14,20H,5-8H2,1-2H3,(H,18,21)/t11-/m1/s1. The lowest BCUT2D eigenvalue weighted by Gasteiger charge is -2.35. The minimum Gasteiger partial charge on any atom is -0.389 e. The molecule has 2 rings (SSSR count). The third kappa shape index (κ3) is 3.73. The molecule has 1 saturated heterocycles. The van der Waals surface area contributed by atoms with Gasteiger partial charge in [-0.1, -0.05) is 6.07 Å². The molecule has 1 atom stereocenters. The molecule has 0 aromatic heterocycles. The van der Waals surface area contributed by atoms with Gasteiger partial charge in [0.1, 0.15) is 0 Å². The average Bonchev–Trinajstić information content (AvgIpc) is 2.46. The van der Waals surface area contributed by atoms with E-state index in [4.69, 9.17) is 5.26 Å². The molecule has 21 heavy (non-hydrogen) atoms. The fourth-order valence-electron chi connectivity index (χ4n) is 2.79. The first-order valence-electron chi connectivity index (χ1n) is 7.25. The van der Waals surface area contributed by atoms with Crippen LogP contribution in [-0.4, -0.2) is 30.1 Å². The Balaban J connectivity index is 2.15. The van der Waals surface area contributed by atoms with Crippen molar-refractivity contribution in [1.82, 2.24) is 5.32 Å². The summed E-state index contributed by atoms with van der Waals surface area (Å²) < 4.78 is 0. The molecule has 0 radical (unpaired) electrons. The molecule has 1 heterocycles. The van der Waals surface area contributed by atoms with Crippen LogP contribution in [-0.2, 0) is 4.79 Å². The van der Waals surface area contributed by atoms with Crippen molar-refractivity contribution in [2.24, 2.45) is 0 Å². The number of carbonyl (C=O) groups is 1. The third-order valence-corrected chi connectivity index (χ3v) is 3.85. The highest BCUT2D eigenvalue weighted by Crippen LogP contribution is 2.29. The minimum absolute atomic E-state index is 0.00426. The highest BCUT2D eigenvalue weighted by molar-refractivity contribution is 5.73. The molecule has 1 fully saturated rings. The lowest BCUT2D eigenvalue weighted by molar-refractivity contribution is -0.119. The van der Waals surface area contributed by atoms with E-state index in [1.54, 1.807) is 13.0 Å². The maximum absolute atomic E-state index is 11.1. The predicted molar refractivity (Wildman–Crippen MR) is 80.8 cm³/mol. The third-order valence-electron chi connectivity index (χ3n) is 3.85. The van der Waals surface area contributed by atoms with Crippen molar-refractivity contribution < 1.29 is 9.90 Å². The molecule has 0 bridgehead atoms. The Morgan fingerprint density at radius 3 is 2.67 bits per heavy atom. The molecule has 1 amide bonds. The molecule has 1 aliphatic heterocycles. The Hall–Kier alpha value is -2.06. The lowest BCUT2D eigenvalue weighted by atomic mass is 10.00. The Morgan fingerprint density at radius 1 is 1.48 bits per heavy atom. The maximum atomic E-state index is 11.1. The zero-order chi connectivity index (χ0) is 15.4. The number of hydrogen-bond acceptors (Lipinski definition) is 4. The molecule has 1 aromatic rings. The van der Waals surface area contributed by atoms with Crippen LogP contribution in [0.3, 0.4) is 0 Å². The Kier molecular flexibility index (Phi) is 4.81. The van der Waals surface area contributed by atoms with Gasteiger partial charge >= 0.3 is 0 Å². The van der Waals surface area contributed by atoms with E-state index in [1.807, 2.05) is 12.1 Å². The molecule has 0 spiro atoms. The van der Waals surface area contributed by atoms with Crippen LogP contribution in [0, 0.1) is 11.3 Å². The van der Waals surface area contributed by atoms with Crippen molar-refractivity contribution in [2.45, 2.75) is 38.8 Å². The summed E-state index contributed by atoms with van der Waals surface area (Å²) in [6, 6.07) is 7.74. The van der Waals surface area contributed by atoms with E-state index >= 15 is 0 Å². The number of nitriles is 1. The number of aliphatic hydroxyl groups is 1. The molecule has 1 aromatic carbocycles. The molecule has 0 aliphatic carbocycles. The Bertz CT molecular complexity index is 555. The van der Waals surface area contributed by atoms with Crippen LogP contribution in [0.2, 0.25) is 0 Å². The molecular weight excluding hydrogens is 266 g/mol. The summed E-state index contributed by atoms with van der Waals surface area (Å²) in [5, 5.41) is 21.9. The molecule has 5 nitrogen and oxygen atoms in total. The monoisotopic (exact) mass is 287 g/mol. The summed E-state index contributed by atoms with van der Waals surface area (Å²) in [4.78, 5) is 13.3. The van der Waals surface area contributed by atoms with Gasteiger partial charge in [0.15, 0.2) is 0 Å². The normalized spacial score (nSPS) is 17.1. The number of nitrogens with zero attached hydrogens (tertiary/aromatic N) is 2. The Morgan fingerprint density at radius 2 is 2.14 bits per heavy atom. The minimum atomic E-state index is -0.569. The van der Waals surface area contributed by atoms with Crippen LogP contribution in [0.25, 0.3) is 0 Å². The zero-order valence-corrected chi connectivity index (χ0v) is 12.5. The predicted octanol–water partition coefficient (Wildman–Crippen LogP) is 1.72. The van der Waals surface area contributed by atoms with Crippen molar-refractivity contribution >= 4 is 11.6 Å². The summed E-state index contributed by atoms with van der Waals surface area (Å²) in [6.07, 6.45) is 1.17. The van der Waals surface area contributed by atoms with Crippen LogP contribution in [0.4, 0.5) is 5.69 Å². The summed E-state index contributed by atoms with van der Waals surface area (Å²) in [6.45, 7) is 4.88. The second-order valence-corrected chi connectivity index (χ2v) is 5.52. The van der Waals surface area contributed by atoms with Gasteiger partial charge in [0, 0.05) is 37.3 Å². The molecule has 0 saturated carbocycles. The number of amides is 1. The van der Waals surface area contributed by atoms with E-state index in [9.17, 15) is 9.90 Å². The van der Waals surface area contributed by atoms with Crippen molar-refractivity contribution in [1.29, 1.82) is 5.26 Å². The van der Waals surface area contributed by atoms with Gasteiger partial charge in [-0.15, -0.1) is 0 Å². The SMILES string of the molecule is CC(=O)NC1CCN(c2cc(C#N)ccc2[C@@H](C)O)CC1. The fraction of sp³-hybridized carbons (Fsp3) is 0.500. The number of hydrogen-bond donors (Lipinski definition) is 2. The van der Waals surface area contributed by atoms with E-state index < -0.39 is 6.10 Å². The number of benzene rings is 1. The molecule has 0 unspecified atom stereocenters. The van der Waals surface area contributed by atoms with Crippen LogP contribution < -0.4 is 10.2 Å². The first-order chi connectivity index (χ1) is 10.0. The quantitative estimate of drug-likeness (QED) is 0.887. The van der Waals surface area contributed by atoms with Crippen LogP contribution in [0.5, 0.6) is 0 Å². The first kappa shape index (κ1) is 15.3. The van der Waals surface area contributed by atoms with Crippen LogP contribution >= 0.6 is 0 Å². The molecular formula is C16H21N3O2. The number of nitrogens with one attached hydrogen (secondary N) is 1. The Labute approximate surface area is 125 Å². The van der Waals surface area contributed by atoms with Gasteiger partial charge in [0.05, 0.1) is 17.7 Å². The molecule has 112 valence electrons. The van der Waals surface area contributed by atoms with Crippen LogP contribution in [0.1, 0.15) is 43.9 Å². The van der Waals surface area contributed by atoms with Gasteiger partial charge in [0.2, 0.25) is 5.91 Å². The zero-order valence-electron chi connectivity index (χ0n) is 12.5. The number of carbonyl (C=O) groups excluding carboxylic acids is 1. The first-order valence-corrected chi connectivity index (χ1v) is 7.25. The summed E-state index contributed by atoms with van der Waals surface area (Å²) in [5.41, 5.74) is 2.36. The van der Waals surface area contributed by atoms with Crippen molar-refractivity contribution in [3.05, 3.63) is 29.3 Å². The largest absolute Gasteiger partial charge is 0.389 e. The van der Waals surface area contributed by atoms with Gasteiger partial charge in [-0.25, -0.2) is 0 Å². The van der Waals surface area contributed by atoms with Crippen LogP contribution in [0.15, 0.2) is 18.2 Å². The van der Waals surface area contributed by atoms with E-state index in [0.29, 0.717) is 5.56 Å². The van der Waals surface area contributed by atoms with Gasteiger partial charge in [0.25, 0.3) is 0 Å². The van der Waals surface area contributed by atoms with Crippen molar-refractivity contribution in [3.8, 4) is 6.07 Å². The maximum Gasteiger partial charge on any atom is 0.217 e. The van der Waals surface area contributed by atoms with Gasteiger partial charge < -0.3 is 15.3 Å². The second-order valence-electron chi connectivity index (χ2n) is 5.52. The van der Waals surface area contributed by atoms with E-state index in [1.165, 1.54) is 6.92 Å². The summed E-state index contributed by atoms with van der Waals surface area (Å²) in [7, 11) is 0. The lowest BCUT2D eigenvalue weighted by Crippen LogP contribution is -2.44. The second kappa shape index (κ2) is 6.59. The number of anilines is 1. The average molecular weight is 287 g/mol. The smallest absolute Gasteiger partial charge is 0.217 e. The van der Waals surface area contributed by atoms with Gasteiger partial charge in [-0.3, -0.25) is 4.79 Å². The summed E-state index contributed by atoms with van der Waals surface area (Å²) >= 11 is 0. The number of piperidine rings is 1. The van der Waals surface area contributed by atoms with Gasteiger partial charge in [-0.2, -0.15) is 5.26 Å². The van der Waals surface area contributed by atoms with E-state index in [-0.39, 0.29) is 11.9 Å². The van der Waals surface area contributed by atoms with E-state index in [2.05, 4.69) is 16.3 Å². The van der Waals surface area contributed by atoms with Crippen molar-refractivity contribution in [3.63, 3.8) is 0 Å². The number of aliphatic hydroxyl groups excluding tert-OH is 1. The van der Waals surface area contributed by atoms with Crippen molar-refractivity contribution in [2.75, 3.05) is 18.0 Å². The molecule has 1 aliphatic rings. The highest BCUT2D eigenvalue weighted by atomic mass is 16.3. The summed E-state index contributed by atoms with van der Waals surface area (Å²) in [5.74, 6) is 0.00426.